The Balaban J connectivity index is 2.92. The molecule has 0 aliphatic heterocycles. The molecule has 1 atom stereocenters. The topological polar surface area (TPSA) is 67.3 Å². The van der Waals surface area contributed by atoms with Gasteiger partial charge in [0.1, 0.15) is 11.6 Å². The number of aromatic nitrogens is 2. The molecule has 1 aromatic heterocycles. The van der Waals surface area contributed by atoms with E-state index in [9.17, 15) is 5.11 Å². The summed E-state index contributed by atoms with van der Waals surface area (Å²) in [6.45, 7) is 5.80. The van der Waals surface area contributed by atoms with Crippen molar-refractivity contribution >= 4 is 5.82 Å². The Hall–Kier alpha value is -1.36. The largest absolute Gasteiger partial charge is 0.481 e. The average Bonchev–Trinajstić information content (AvgIpc) is 2.28. The van der Waals surface area contributed by atoms with Crippen LogP contribution in [0.15, 0.2) is 6.07 Å². The van der Waals surface area contributed by atoms with E-state index in [1.165, 1.54) is 0 Å². The normalized spacial score (nSPS) is 14.3. The van der Waals surface area contributed by atoms with Gasteiger partial charge in [-0.25, -0.2) is 4.98 Å². The Morgan fingerprint density at radius 2 is 2.19 bits per heavy atom. The summed E-state index contributed by atoms with van der Waals surface area (Å²) in [7, 11) is 1.57. The van der Waals surface area contributed by atoms with E-state index in [0.29, 0.717) is 17.5 Å². The molecule has 0 spiro atoms. The van der Waals surface area contributed by atoms with Crippen LogP contribution in [-0.4, -0.2) is 34.3 Å². The van der Waals surface area contributed by atoms with E-state index in [-0.39, 0.29) is 12.1 Å². The summed E-state index contributed by atoms with van der Waals surface area (Å²) in [6.07, 6.45) is 0.800. The van der Waals surface area contributed by atoms with Crippen LogP contribution in [0.4, 0.5) is 5.82 Å². The Morgan fingerprint density at radius 1 is 1.50 bits per heavy atom. The van der Waals surface area contributed by atoms with Crippen molar-refractivity contribution in [3.63, 3.8) is 0 Å². The molecule has 1 aromatic rings. The minimum atomic E-state index is -0.369. The van der Waals surface area contributed by atoms with Gasteiger partial charge in [0.05, 0.1) is 19.3 Å². The fraction of sp³-hybridized carbons (Fsp3) is 0.636. The first-order chi connectivity index (χ1) is 7.53. The first kappa shape index (κ1) is 12.7. The second-order valence-electron chi connectivity index (χ2n) is 4.04. The lowest BCUT2D eigenvalue weighted by atomic mass is 10.0. The zero-order chi connectivity index (χ0) is 12.2. The van der Waals surface area contributed by atoms with Gasteiger partial charge in [0.2, 0.25) is 5.88 Å². The second kappa shape index (κ2) is 5.12. The molecule has 0 aromatic carbocycles. The van der Waals surface area contributed by atoms with Gasteiger partial charge in [-0.1, -0.05) is 6.92 Å². The van der Waals surface area contributed by atoms with Crippen molar-refractivity contribution in [2.24, 2.45) is 0 Å². The molecule has 5 heteroatoms. The van der Waals surface area contributed by atoms with Crippen molar-refractivity contribution in [3.05, 3.63) is 11.9 Å². The molecule has 1 unspecified atom stereocenters. The summed E-state index contributed by atoms with van der Waals surface area (Å²) in [4.78, 5) is 8.35. The quantitative estimate of drug-likeness (QED) is 0.792. The zero-order valence-electron chi connectivity index (χ0n) is 10.2. The number of hydrogen-bond donors (Lipinski definition) is 2. The molecule has 2 N–H and O–H groups in total. The lowest BCUT2D eigenvalue weighted by Gasteiger charge is -2.27. The van der Waals surface area contributed by atoms with Gasteiger partial charge in [-0.05, 0) is 20.3 Å². The van der Waals surface area contributed by atoms with Crippen molar-refractivity contribution in [2.75, 3.05) is 19.0 Å². The maximum Gasteiger partial charge on any atom is 0.218 e. The van der Waals surface area contributed by atoms with Crippen molar-refractivity contribution < 1.29 is 9.84 Å². The molecule has 0 saturated heterocycles. The van der Waals surface area contributed by atoms with Crippen molar-refractivity contribution in [3.8, 4) is 5.88 Å². The smallest absolute Gasteiger partial charge is 0.218 e. The molecule has 0 saturated carbocycles. The molecular formula is C11H19N3O2. The molecule has 0 radical (unpaired) electrons. The highest BCUT2D eigenvalue weighted by Crippen LogP contribution is 2.19. The number of anilines is 1. The molecule has 0 aliphatic rings. The van der Waals surface area contributed by atoms with Gasteiger partial charge < -0.3 is 15.2 Å². The van der Waals surface area contributed by atoms with Crippen LogP contribution in [-0.2, 0) is 0 Å². The highest BCUT2D eigenvalue weighted by Gasteiger charge is 2.21. The Labute approximate surface area is 95.9 Å². The standard InChI is InChI=1S/C11H19N3O2/c1-5-11(3,7-15)14-9-6-10(16-4)13-8(2)12-9/h6,15H,5,7H2,1-4H3,(H,12,13,14). The van der Waals surface area contributed by atoms with E-state index < -0.39 is 0 Å². The maximum absolute atomic E-state index is 9.31. The van der Waals surface area contributed by atoms with E-state index in [1.54, 1.807) is 20.1 Å². The third-order valence-corrected chi connectivity index (χ3v) is 2.58. The molecule has 16 heavy (non-hydrogen) atoms. The molecule has 5 nitrogen and oxygen atoms in total. The summed E-state index contributed by atoms with van der Waals surface area (Å²) in [5, 5.41) is 12.5. The Morgan fingerprint density at radius 3 is 2.69 bits per heavy atom. The van der Waals surface area contributed by atoms with Gasteiger partial charge in [0.25, 0.3) is 0 Å². The summed E-state index contributed by atoms with van der Waals surface area (Å²) < 4.78 is 5.06. The summed E-state index contributed by atoms with van der Waals surface area (Å²) >= 11 is 0. The number of aliphatic hydroxyl groups is 1. The van der Waals surface area contributed by atoms with Gasteiger partial charge >= 0.3 is 0 Å². The van der Waals surface area contributed by atoms with Gasteiger partial charge in [-0.3, -0.25) is 0 Å². The molecular weight excluding hydrogens is 206 g/mol. The number of ether oxygens (including phenoxy) is 1. The number of aryl methyl sites for hydroxylation is 1. The van der Waals surface area contributed by atoms with E-state index in [2.05, 4.69) is 15.3 Å². The number of nitrogens with zero attached hydrogens (tertiary/aromatic N) is 2. The zero-order valence-corrected chi connectivity index (χ0v) is 10.2. The molecule has 0 bridgehead atoms. The number of rotatable bonds is 5. The van der Waals surface area contributed by atoms with Crippen LogP contribution in [0.5, 0.6) is 5.88 Å². The highest BCUT2D eigenvalue weighted by atomic mass is 16.5. The van der Waals surface area contributed by atoms with Crippen molar-refractivity contribution in [1.29, 1.82) is 0 Å². The van der Waals surface area contributed by atoms with E-state index in [0.717, 1.165) is 6.42 Å². The van der Waals surface area contributed by atoms with Gasteiger partial charge in [-0.2, -0.15) is 4.98 Å². The number of hydrogen-bond acceptors (Lipinski definition) is 5. The minimum Gasteiger partial charge on any atom is -0.481 e. The number of aliphatic hydroxyl groups excluding tert-OH is 1. The predicted molar refractivity (Wildman–Crippen MR) is 62.7 cm³/mol. The highest BCUT2D eigenvalue weighted by molar-refractivity contribution is 5.41. The van der Waals surface area contributed by atoms with Crippen LogP contribution in [0.3, 0.4) is 0 Å². The lowest BCUT2D eigenvalue weighted by molar-refractivity contribution is 0.218. The van der Waals surface area contributed by atoms with E-state index in [4.69, 9.17) is 4.74 Å². The molecule has 1 heterocycles. The van der Waals surface area contributed by atoms with Crippen LogP contribution < -0.4 is 10.1 Å². The average molecular weight is 225 g/mol. The Kier molecular flexibility index (Phi) is 4.06. The molecule has 1 rings (SSSR count). The third kappa shape index (κ3) is 3.06. The predicted octanol–water partition coefficient (Wildman–Crippen LogP) is 1.37. The van der Waals surface area contributed by atoms with E-state index >= 15 is 0 Å². The molecule has 0 amide bonds. The van der Waals surface area contributed by atoms with Gasteiger partial charge in [0.15, 0.2) is 0 Å². The van der Waals surface area contributed by atoms with Crippen LogP contribution in [0.25, 0.3) is 0 Å². The van der Waals surface area contributed by atoms with Crippen molar-refractivity contribution in [1.82, 2.24) is 9.97 Å². The van der Waals surface area contributed by atoms with Gasteiger partial charge in [-0.15, -0.1) is 0 Å². The van der Waals surface area contributed by atoms with Crippen LogP contribution in [0.2, 0.25) is 0 Å². The van der Waals surface area contributed by atoms with Crippen molar-refractivity contribution in [2.45, 2.75) is 32.7 Å². The first-order valence-electron chi connectivity index (χ1n) is 5.31. The van der Waals surface area contributed by atoms with Crippen LogP contribution >= 0.6 is 0 Å². The molecule has 0 fully saturated rings. The molecule has 90 valence electrons. The first-order valence-corrected chi connectivity index (χ1v) is 5.31. The number of methoxy groups -OCH3 is 1. The third-order valence-electron chi connectivity index (χ3n) is 2.58. The van der Waals surface area contributed by atoms with Gasteiger partial charge in [0, 0.05) is 6.07 Å². The summed E-state index contributed by atoms with van der Waals surface area (Å²) in [6, 6.07) is 1.72. The molecule has 0 aliphatic carbocycles. The fourth-order valence-corrected chi connectivity index (χ4v) is 1.26. The second-order valence-corrected chi connectivity index (χ2v) is 4.04. The van der Waals surface area contributed by atoms with Crippen LogP contribution in [0.1, 0.15) is 26.1 Å². The lowest BCUT2D eigenvalue weighted by Crippen LogP contribution is -2.38. The van der Waals surface area contributed by atoms with Crippen LogP contribution in [0, 0.1) is 6.92 Å². The fourth-order valence-electron chi connectivity index (χ4n) is 1.26. The SMILES string of the molecule is CCC(C)(CO)Nc1cc(OC)nc(C)n1. The maximum atomic E-state index is 9.31. The summed E-state index contributed by atoms with van der Waals surface area (Å²) in [5.41, 5.74) is -0.369. The Bertz CT molecular complexity index is 351. The summed E-state index contributed by atoms with van der Waals surface area (Å²) in [5.74, 6) is 1.83. The monoisotopic (exact) mass is 225 g/mol. The minimum absolute atomic E-state index is 0.0505. The number of nitrogens with one attached hydrogen (secondary N) is 1. The van der Waals surface area contributed by atoms with E-state index in [1.807, 2.05) is 13.8 Å².